The number of nitrogens with zero attached hydrogens (tertiary/aromatic N) is 1. The summed E-state index contributed by atoms with van der Waals surface area (Å²) in [4.78, 5) is 2.13. The highest BCUT2D eigenvalue weighted by Crippen LogP contribution is 2.17. The summed E-state index contributed by atoms with van der Waals surface area (Å²) in [5, 5.41) is 3.57. The van der Waals surface area contributed by atoms with Crippen LogP contribution in [0.4, 0.5) is 5.69 Å². The number of hydrogen-bond donors (Lipinski definition) is 1. The van der Waals surface area contributed by atoms with Gasteiger partial charge in [-0.05, 0) is 49.4 Å². The predicted octanol–water partition coefficient (Wildman–Crippen LogP) is 3.20. The molecule has 0 saturated heterocycles. The van der Waals surface area contributed by atoms with Crippen molar-refractivity contribution in [2.75, 3.05) is 25.5 Å². The number of nitrogens with one attached hydrogen (secondary N) is 1. The van der Waals surface area contributed by atoms with Crippen molar-refractivity contribution >= 4 is 5.69 Å². The van der Waals surface area contributed by atoms with Gasteiger partial charge in [-0.3, -0.25) is 0 Å². The van der Waals surface area contributed by atoms with Gasteiger partial charge in [0, 0.05) is 26.3 Å². The Morgan fingerprint density at radius 3 is 2.56 bits per heavy atom. The van der Waals surface area contributed by atoms with Crippen molar-refractivity contribution in [3.8, 4) is 0 Å². The average Bonchev–Trinajstić information content (AvgIpc) is 2.40. The third kappa shape index (κ3) is 3.88. The normalized spacial score (nSPS) is 18.9. The van der Waals surface area contributed by atoms with Gasteiger partial charge >= 0.3 is 0 Å². The van der Waals surface area contributed by atoms with Crippen molar-refractivity contribution in [2.45, 2.75) is 25.8 Å². The summed E-state index contributed by atoms with van der Waals surface area (Å²) >= 11 is 0. The first kappa shape index (κ1) is 13.2. The quantitative estimate of drug-likeness (QED) is 0.800. The zero-order valence-electron chi connectivity index (χ0n) is 11.5. The van der Waals surface area contributed by atoms with Crippen LogP contribution in [0.3, 0.4) is 0 Å². The minimum Gasteiger partial charge on any atom is -0.378 e. The molecule has 0 bridgehead atoms. The average molecular weight is 244 g/mol. The molecule has 2 rings (SSSR count). The van der Waals surface area contributed by atoms with E-state index in [9.17, 15) is 0 Å². The fourth-order valence-electron chi connectivity index (χ4n) is 2.37. The predicted molar refractivity (Wildman–Crippen MR) is 79.0 cm³/mol. The first-order chi connectivity index (χ1) is 8.75. The summed E-state index contributed by atoms with van der Waals surface area (Å²) in [5.74, 6) is 0.830. The second kappa shape index (κ2) is 6.60. The van der Waals surface area contributed by atoms with Crippen LogP contribution < -0.4 is 10.2 Å². The van der Waals surface area contributed by atoms with Crippen LogP contribution in [0, 0.1) is 5.92 Å². The highest BCUT2D eigenvalue weighted by Gasteiger charge is 2.08. The fourth-order valence-corrected chi connectivity index (χ4v) is 2.37. The van der Waals surface area contributed by atoms with Crippen molar-refractivity contribution < 1.29 is 0 Å². The largest absolute Gasteiger partial charge is 0.378 e. The topological polar surface area (TPSA) is 15.3 Å². The summed E-state index contributed by atoms with van der Waals surface area (Å²) in [7, 11) is 4.15. The van der Waals surface area contributed by atoms with Gasteiger partial charge in [0.1, 0.15) is 0 Å². The molecule has 0 saturated carbocycles. The van der Waals surface area contributed by atoms with Crippen LogP contribution in [0.15, 0.2) is 36.4 Å². The van der Waals surface area contributed by atoms with Gasteiger partial charge in [-0.2, -0.15) is 0 Å². The van der Waals surface area contributed by atoms with Crippen molar-refractivity contribution in [1.29, 1.82) is 0 Å². The number of allylic oxidation sites excluding steroid dienone is 2. The molecule has 0 spiro atoms. The second-order valence-electron chi connectivity index (χ2n) is 5.34. The van der Waals surface area contributed by atoms with Crippen molar-refractivity contribution in [2.24, 2.45) is 5.92 Å². The molecule has 0 heterocycles. The monoisotopic (exact) mass is 244 g/mol. The zero-order chi connectivity index (χ0) is 12.8. The van der Waals surface area contributed by atoms with Gasteiger partial charge in [-0.25, -0.2) is 0 Å². The molecule has 0 aliphatic heterocycles. The molecule has 1 aliphatic carbocycles. The summed E-state index contributed by atoms with van der Waals surface area (Å²) in [6.07, 6.45) is 8.46. The van der Waals surface area contributed by atoms with Gasteiger partial charge in [0.15, 0.2) is 0 Å². The highest BCUT2D eigenvalue weighted by atomic mass is 15.1. The van der Waals surface area contributed by atoms with Crippen LogP contribution in [-0.2, 0) is 6.54 Å². The molecule has 1 aromatic carbocycles. The number of rotatable bonds is 5. The number of anilines is 1. The smallest absolute Gasteiger partial charge is 0.0361 e. The van der Waals surface area contributed by atoms with E-state index in [2.05, 4.69) is 60.7 Å². The van der Waals surface area contributed by atoms with E-state index in [-0.39, 0.29) is 0 Å². The number of hydrogen-bond acceptors (Lipinski definition) is 2. The van der Waals surface area contributed by atoms with Crippen molar-refractivity contribution in [3.05, 3.63) is 42.0 Å². The standard InChI is InChI=1S/C16H24N2/c1-18(2)16-10-8-15(9-11-16)13-17-12-14-6-4-3-5-7-14/h3-4,8-11,14,17H,5-7,12-13H2,1-2H3. The summed E-state index contributed by atoms with van der Waals surface area (Å²) in [5.41, 5.74) is 2.63. The van der Waals surface area contributed by atoms with E-state index in [1.54, 1.807) is 0 Å². The second-order valence-corrected chi connectivity index (χ2v) is 5.34. The Morgan fingerprint density at radius 1 is 1.17 bits per heavy atom. The number of benzene rings is 1. The Morgan fingerprint density at radius 2 is 1.94 bits per heavy atom. The maximum atomic E-state index is 3.57. The molecule has 1 atom stereocenters. The van der Waals surface area contributed by atoms with E-state index < -0.39 is 0 Å². The van der Waals surface area contributed by atoms with E-state index in [1.807, 2.05) is 0 Å². The highest BCUT2D eigenvalue weighted by molar-refractivity contribution is 5.45. The van der Waals surface area contributed by atoms with Crippen molar-refractivity contribution in [3.63, 3.8) is 0 Å². The summed E-state index contributed by atoms with van der Waals surface area (Å²) in [6, 6.07) is 8.78. The zero-order valence-corrected chi connectivity index (χ0v) is 11.5. The Hall–Kier alpha value is -1.28. The van der Waals surface area contributed by atoms with E-state index in [1.165, 1.54) is 30.5 Å². The van der Waals surface area contributed by atoms with E-state index in [0.717, 1.165) is 19.0 Å². The van der Waals surface area contributed by atoms with Crippen LogP contribution in [-0.4, -0.2) is 20.6 Å². The Kier molecular flexibility index (Phi) is 4.82. The Labute approximate surface area is 111 Å². The van der Waals surface area contributed by atoms with Gasteiger partial charge in [0.25, 0.3) is 0 Å². The molecular formula is C16H24N2. The lowest BCUT2D eigenvalue weighted by Gasteiger charge is -2.18. The molecule has 98 valence electrons. The molecule has 0 fully saturated rings. The van der Waals surface area contributed by atoms with Crippen LogP contribution in [0.2, 0.25) is 0 Å². The first-order valence-electron chi connectivity index (χ1n) is 6.87. The maximum absolute atomic E-state index is 3.57. The fraction of sp³-hybridized carbons (Fsp3) is 0.500. The molecule has 1 N–H and O–H groups in total. The molecule has 2 heteroatoms. The summed E-state index contributed by atoms with van der Waals surface area (Å²) in [6.45, 7) is 2.12. The van der Waals surface area contributed by atoms with Gasteiger partial charge in [-0.1, -0.05) is 24.3 Å². The minimum absolute atomic E-state index is 0.830. The van der Waals surface area contributed by atoms with E-state index >= 15 is 0 Å². The maximum Gasteiger partial charge on any atom is 0.0361 e. The molecule has 18 heavy (non-hydrogen) atoms. The van der Waals surface area contributed by atoms with Crippen LogP contribution in [0.25, 0.3) is 0 Å². The van der Waals surface area contributed by atoms with Gasteiger partial charge < -0.3 is 10.2 Å². The van der Waals surface area contributed by atoms with E-state index in [0.29, 0.717) is 0 Å². The molecule has 0 amide bonds. The van der Waals surface area contributed by atoms with Crippen LogP contribution in [0.1, 0.15) is 24.8 Å². The molecule has 1 aromatic rings. The molecule has 1 unspecified atom stereocenters. The minimum atomic E-state index is 0.830. The van der Waals surface area contributed by atoms with Crippen molar-refractivity contribution in [1.82, 2.24) is 5.32 Å². The molecular weight excluding hydrogens is 220 g/mol. The van der Waals surface area contributed by atoms with Gasteiger partial charge in [0.2, 0.25) is 0 Å². The van der Waals surface area contributed by atoms with Crippen LogP contribution in [0.5, 0.6) is 0 Å². The molecule has 0 aromatic heterocycles. The SMILES string of the molecule is CN(C)c1ccc(CNCC2CC=CCC2)cc1. The Bertz CT molecular complexity index is 379. The molecule has 1 aliphatic rings. The molecule has 0 radical (unpaired) electrons. The lowest BCUT2D eigenvalue weighted by atomic mass is 9.94. The molecule has 2 nitrogen and oxygen atoms in total. The van der Waals surface area contributed by atoms with Gasteiger partial charge in [0.05, 0.1) is 0 Å². The third-order valence-electron chi connectivity index (χ3n) is 3.59. The van der Waals surface area contributed by atoms with E-state index in [4.69, 9.17) is 0 Å². The van der Waals surface area contributed by atoms with Crippen LogP contribution >= 0.6 is 0 Å². The third-order valence-corrected chi connectivity index (χ3v) is 3.59. The summed E-state index contributed by atoms with van der Waals surface area (Å²) < 4.78 is 0. The van der Waals surface area contributed by atoms with Gasteiger partial charge in [-0.15, -0.1) is 0 Å². The Balaban J connectivity index is 1.74. The lowest BCUT2D eigenvalue weighted by molar-refractivity contribution is 0.440. The first-order valence-corrected chi connectivity index (χ1v) is 6.87. The lowest BCUT2D eigenvalue weighted by Crippen LogP contribution is -2.23.